The van der Waals surface area contributed by atoms with E-state index in [-0.39, 0.29) is 30.5 Å². The van der Waals surface area contributed by atoms with E-state index in [0.29, 0.717) is 5.30 Å². The van der Waals surface area contributed by atoms with Gasteiger partial charge in [0.05, 0.1) is 4.92 Å². The molecule has 0 heterocycles. The van der Waals surface area contributed by atoms with E-state index < -0.39 is 13.4 Å². The number of nitro groups is 1. The highest BCUT2D eigenvalue weighted by Gasteiger charge is 2.05. The van der Waals surface area contributed by atoms with Crippen LogP contribution in [0.1, 0.15) is 0 Å². The maximum absolute atomic E-state index is 10.3. The second-order valence-electron chi connectivity index (χ2n) is 1.91. The lowest BCUT2D eigenvalue weighted by atomic mass is 10.3. The zero-order valence-electron chi connectivity index (χ0n) is 6.30. The largest absolute Gasteiger partial charge is 0.363 e. The van der Waals surface area contributed by atoms with Gasteiger partial charge in [0, 0.05) is 12.1 Å². The van der Waals surface area contributed by atoms with Crippen LogP contribution in [0.2, 0.25) is 0 Å². The molecule has 13 heavy (non-hydrogen) atoms. The predicted octanol–water partition coefficient (Wildman–Crippen LogP) is 2.09. The number of rotatable bonds is 2. The fourth-order valence-corrected chi connectivity index (χ4v) is 0.954. The minimum absolute atomic E-state index is 0. The number of halogens is 2. The number of benzene rings is 1. The zero-order chi connectivity index (χ0) is 8.27. The molecule has 0 aliphatic carbocycles. The van der Waals surface area contributed by atoms with Crippen LogP contribution in [0.5, 0.6) is 0 Å². The summed E-state index contributed by atoms with van der Waals surface area (Å²) in [5.74, 6) is 0. The summed E-state index contributed by atoms with van der Waals surface area (Å²) in [4.78, 5) is 9.64. The average Bonchev–Trinajstić information content (AvgIpc) is 2.05. The molecule has 7 heteroatoms. The second-order valence-corrected chi connectivity index (χ2v) is 2.69. The van der Waals surface area contributed by atoms with Crippen molar-refractivity contribution < 1.29 is 9.49 Å². The van der Waals surface area contributed by atoms with Crippen LogP contribution in [-0.4, -0.2) is 4.92 Å². The molecule has 1 unspecified atom stereocenters. The van der Waals surface area contributed by atoms with E-state index in [1.165, 1.54) is 24.3 Å². The molecule has 0 saturated carbocycles. The van der Waals surface area contributed by atoms with Crippen molar-refractivity contribution in [3.8, 4) is 0 Å². The molecule has 0 amide bonds. The molecule has 0 saturated heterocycles. The Morgan fingerprint density at radius 2 is 1.62 bits per heavy atom. The van der Waals surface area contributed by atoms with Gasteiger partial charge in [0.1, 0.15) is 0 Å². The Morgan fingerprint density at radius 3 is 1.92 bits per heavy atom. The SMILES string of the molecule is Cl.Cl.O=[PH+]c1ccc([N+](=O)[O-])cc1. The third-order valence-electron chi connectivity index (χ3n) is 1.20. The Hall–Kier alpha value is -0.700. The molecule has 1 aromatic carbocycles. The molecule has 0 N–H and O–H groups in total. The molecule has 1 atom stereocenters. The van der Waals surface area contributed by atoms with Crippen LogP contribution in [0.15, 0.2) is 24.3 Å². The molecule has 0 radical (unpaired) electrons. The predicted molar refractivity (Wildman–Crippen MR) is 56.2 cm³/mol. The van der Waals surface area contributed by atoms with E-state index in [1.54, 1.807) is 0 Å². The van der Waals surface area contributed by atoms with E-state index >= 15 is 0 Å². The van der Waals surface area contributed by atoms with Crippen LogP contribution in [0.25, 0.3) is 0 Å². The van der Waals surface area contributed by atoms with Gasteiger partial charge >= 0.3 is 8.46 Å². The lowest BCUT2D eigenvalue weighted by Gasteiger charge is -1.86. The third-order valence-corrected chi connectivity index (χ3v) is 1.77. The van der Waals surface area contributed by atoms with Crippen LogP contribution >= 0.6 is 33.3 Å². The average molecular weight is 243 g/mol. The topological polar surface area (TPSA) is 60.2 Å². The first-order chi connectivity index (χ1) is 5.24. The summed E-state index contributed by atoms with van der Waals surface area (Å²) >= 11 is 0. The van der Waals surface area contributed by atoms with Crippen molar-refractivity contribution >= 4 is 44.3 Å². The van der Waals surface area contributed by atoms with Gasteiger partial charge in [-0.15, -0.1) is 24.8 Å². The number of hydrogen-bond donors (Lipinski definition) is 0. The fraction of sp³-hybridized carbons (Fsp3) is 0. The molecule has 72 valence electrons. The molecular formula is C6H7Cl2NO3P+. The molecule has 1 aromatic rings. The molecule has 0 bridgehead atoms. The van der Waals surface area contributed by atoms with Crippen LogP contribution in [0.4, 0.5) is 5.69 Å². The van der Waals surface area contributed by atoms with Crippen molar-refractivity contribution in [2.75, 3.05) is 0 Å². The fourth-order valence-electron chi connectivity index (χ4n) is 0.651. The number of hydrogen-bond acceptors (Lipinski definition) is 3. The summed E-state index contributed by atoms with van der Waals surface area (Å²) < 4.78 is 10.3. The Balaban J connectivity index is 0. The van der Waals surface area contributed by atoms with E-state index in [1.807, 2.05) is 0 Å². The summed E-state index contributed by atoms with van der Waals surface area (Å²) in [5.41, 5.74) is 0.0204. The zero-order valence-corrected chi connectivity index (χ0v) is 8.93. The second kappa shape index (κ2) is 6.78. The molecule has 0 aromatic heterocycles. The highest BCUT2D eigenvalue weighted by molar-refractivity contribution is 7.34. The number of non-ortho nitro benzene ring substituents is 1. The van der Waals surface area contributed by atoms with Gasteiger partial charge in [-0.1, -0.05) is 4.57 Å². The van der Waals surface area contributed by atoms with E-state index in [2.05, 4.69) is 0 Å². The molecule has 0 aliphatic heterocycles. The van der Waals surface area contributed by atoms with Gasteiger partial charge in [0.25, 0.3) is 5.69 Å². The summed E-state index contributed by atoms with van der Waals surface area (Å²) in [7, 11) is -0.553. The summed E-state index contributed by atoms with van der Waals surface area (Å²) in [6.45, 7) is 0. The Kier molecular flexibility index (Phi) is 7.72. The number of nitro benzene ring substituents is 1. The van der Waals surface area contributed by atoms with Crippen LogP contribution in [-0.2, 0) is 4.57 Å². The minimum Gasteiger partial charge on any atom is -0.258 e. The normalized spacial score (nSPS) is 8.31. The van der Waals surface area contributed by atoms with Gasteiger partial charge in [-0.2, -0.15) is 0 Å². The highest BCUT2D eigenvalue weighted by Crippen LogP contribution is 2.08. The van der Waals surface area contributed by atoms with Crippen molar-refractivity contribution in [1.29, 1.82) is 0 Å². The third kappa shape index (κ3) is 4.18. The van der Waals surface area contributed by atoms with Crippen LogP contribution in [0.3, 0.4) is 0 Å². The molecular weight excluding hydrogens is 236 g/mol. The first-order valence-electron chi connectivity index (χ1n) is 2.86. The van der Waals surface area contributed by atoms with Crippen LogP contribution in [0, 0.1) is 10.1 Å². The van der Waals surface area contributed by atoms with Crippen molar-refractivity contribution in [3.63, 3.8) is 0 Å². The minimum atomic E-state index is -0.553. The Labute approximate surface area is 88.5 Å². The van der Waals surface area contributed by atoms with E-state index in [0.717, 1.165) is 0 Å². The quantitative estimate of drug-likeness (QED) is 0.453. The lowest BCUT2D eigenvalue weighted by Crippen LogP contribution is -1.92. The lowest BCUT2D eigenvalue weighted by molar-refractivity contribution is -0.384. The van der Waals surface area contributed by atoms with Gasteiger partial charge in [0.2, 0.25) is 0 Å². The van der Waals surface area contributed by atoms with Gasteiger partial charge in [0.15, 0.2) is 5.30 Å². The molecule has 4 nitrogen and oxygen atoms in total. The molecule has 0 aliphatic rings. The maximum Gasteiger partial charge on any atom is 0.363 e. The van der Waals surface area contributed by atoms with Gasteiger partial charge in [-0.25, -0.2) is 0 Å². The van der Waals surface area contributed by atoms with Crippen molar-refractivity contribution in [2.45, 2.75) is 0 Å². The Morgan fingerprint density at radius 1 is 1.15 bits per heavy atom. The van der Waals surface area contributed by atoms with Gasteiger partial charge in [-0.3, -0.25) is 10.1 Å². The van der Waals surface area contributed by atoms with Crippen molar-refractivity contribution in [1.82, 2.24) is 0 Å². The monoisotopic (exact) mass is 242 g/mol. The summed E-state index contributed by atoms with van der Waals surface area (Å²) in [6, 6.07) is 5.62. The Bertz CT molecular complexity index is 290. The van der Waals surface area contributed by atoms with Crippen molar-refractivity contribution in [3.05, 3.63) is 34.4 Å². The molecule has 0 fully saturated rings. The summed E-state index contributed by atoms with van der Waals surface area (Å²) in [6.07, 6.45) is 0. The van der Waals surface area contributed by atoms with E-state index in [9.17, 15) is 14.7 Å². The standard InChI is InChI=1S/C6H4NO3P.2ClH/c8-7(9)5-1-3-6(11-10)4-2-5;;/h1-4H;2*1H/p+1. The first-order valence-corrected chi connectivity index (χ1v) is 3.77. The molecule has 0 spiro atoms. The molecule has 1 rings (SSSR count). The first kappa shape index (κ1) is 14.8. The van der Waals surface area contributed by atoms with Crippen LogP contribution < -0.4 is 5.30 Å². The smallest absolute Gasteiger partial charge is 0.258 e. The summed E-state index contributed by atoms with van der Waals surface area (Å²) in [5, 5.41) is 10.7. The van der Waals surface area contributed by atoms with Gasteiger partial charge < -0.3 is 0 Å². The van der Waals surface area contributed by atoms with Crippen molar-refractivity contribution in [2.24, 2.45) is 0 Å². The maximum atomic E-state index is 10.3. The number of nitrogens with zero attached hydrogens (tertiary/aromatic N) is 1. The highest BCUT2D eigenvalue weighted by atomic mass is 35.5. The van der Waals surface area contributed by atoms with E-state index in [4.69, 9.17) is 0 Å². The van der Waals surface area contributed by atoms with Gasteiger partial charge in [-0.05, 0) is 12.1 Å².